The Morgan fingerprint density at radius 3 is 2.76 bits per heavy atom. The lowest BCUT2D eigenvalue weighted by molar-refractivity contribution is -0.174. The van der Waals surface area contributed by atoms with Gasteiger partial charge in [-0.1, -0.05) is 6.07 Å². The summed E-state index contributed by atoms with van der Waals surface area (Å²) in [6.45, 7) is 1.57. The van der Waals surface area contributed by atoms with Crippen molar-refractivity contribution < 1.29 is 26.8 Å². The van der Waals surface area contributed by atoms with Crippen molar-refractivity contribution in [3.63, 3.8) is 0 Å². The van der Waals surface area contributed by atoms with Crippen LogP contribution in [0.15, 0.2) is 47.1 Å². The average Bonchev–Trinajstić information content (AvgIpc) is 3.32. The number of aromatic nitrogens is 2. The van der Waals surface area contributed by atoms with Gasteiger partial charge < -0.3 is 15.1 Å². The molecule has 1 amide bonds. The molecular weight excluding hydrogens is 392 g/mol. The van der Waals surface area contributed by atoms with Crippen molar-refractivity contribution in [2.45, 2.75) is 31.6 Å². The topological polar surface area (TPSA) is 72.1 Å². The van der Waals surface area contributed by atoms with Crippen LogP contribution in [0.25, 0.3) is 0 Å². The molecule has 2 N–H and O–H groups in total. The molecule has 3 aromatic rings. The van der Waals surface area contributed by atoms with Crippen LogP contribution >= 0.6 is 0 Å². The third-order valence-electron chi connectivity index (χ3n) is 4.74. The third-order valence-corrected chi connectivity index (χ3v) is 4.74. The highest BCUT2D eigenvalue weighted by Gasteiger charge is 2.47. The molecule has 29 heavy (non-hydrogen) atoms. The number of amides is 1. The van der Waals surface area contributed by atoms with Crippen LogP contribution in [0.2, 0.25) is 0 Å². The maximum Gasteiger partial charge on any atom is 0.410 e. The fourth-order valence-corrected chi connectivity index (χ4v) is 3.23. The molecule has 0 fully saturated rings. The number of fused-ring (bicyclic) bond motifs is 1. The van der Waals surface area contributed by atoms with E-state index in [9.17, 15) is 22.4 Å². The molecule has 0 unspecified atom stereocenters. The molecule has 1 aliphatic heterocycles. The lowest BCUT2D eigenvalue weighted by Gasteiger charge is -2.32. The zero-order valence-electron chi connectivity index (χ0n) is 15.1. The van der Waals surface area contributed by atoms with Crippen molar-refractivity contribution in [2.75, 3.05) is 10.6 Å². The highest BCUT2D eigenvalue weighted by molar-refractivity contribution is 6.03. The van der Waals surface area contributed by atoms with Crippen LogP contribution in [0, 0.1) is 12.7 Å². The molecule has 4 rings (SSSR count). The van der Waals surface area contributed by atoms with E-state index in [2.05, 4.69) is 15.7 Å². The van der Waals surface area contributed by atoms with Crippen LogP contribution in [0.1, 0.15) is 40.3 Å². The number of nitrogens with one attached hydrogen (secondary N) is 2. The largest absolute Gasteiger partial charge is 0.467 e. The predicted molar refractivity (Wildman–Crippen MR) is 96.1 cm³/mol. The summed E-state index contributed by atoms with van der Waals surface area (Å²) in [5, 5.41) is 9.22. The first kappa shape index (κ1) is 19.0. The SMILES string of the molecule is Cc1ccc(NC(=O)c2cc3n(n2)[C@H](C(F)(F)F)C[C@H](c2ccco2)N3)cc1F. The van der Waals surface area contributed by atoms with Crippen LogP contribution in [0.3, 0.4) is 0 Å². The minimum atomic E-state index is -4.57. The maximum absolute atomic E-state index is 13.7. The molecule has 0 spiro atoms. The number of furan rings is 1. The zero-order valence-corrected chi connectivity index (χ0v) is 15.1. The summed E-state index contributed by atoms with van der Waals surface area (Å²) in [7, 11) is 0. The molecule has 6 nitrogen and oxygen atoms in total. The predicted octanol–water partition coefficient (Wildman–Crippen LogP) is 4.84. The summed E-state index contributed by atoms with van der Waals surface area (Å²) in [6.07, 6.45) is -3.53. The van der Waals surface area contributed by atoms with Gasteiger partial charge in [0.25, 0.3) is 5.91 Å². The summed E-state index contributed by atoms with van der Waals surface area (Å²) < 4.78 is 60.5. The standard InChI is InChI=1S/C19H16F4N4O2/c1-10-4-5-11(7-12(10)20)24-18(28)14-9-17-25-13(15-3-2-6-29-15)8-16(19(21,22)23)27(17)26-14/h2-7,9,13,16,25H,8H2,1H3,(H,24,28)/t13-,16+/m1/s1. The second kappa shape index (κ2) is 6.94. The molecule has 2 aromatic heterocycles. The van der Waals surface area contributed by atoms with E-state index in [1.54, 1.807) is 19.1 Å². The van der Waals surface area contributed by atoms with E-state index in [4.69, 9.17) is 4.42 Å². The van der Waals surface area contributed by atoms with Gasteiger partial charge in [0.05, 0.1) is 12.3 Å². The lowest BCUT2D eigenvalue weighted by Crippen LogP contribution is -2.35. The molecule has 10 heteroatoms. The number of rotatable bonds is 3. The summed E-state index contributed by atoms with van der Waals surface area (Å²) in [5.74, 6) is -0.854. The molecule has 2 atom stereocenters. The zero-order chi connectivity index (χ0) is 20.8. The molecule has 152 valence electrons. The van der Waals surface area contributed by atoms with Gasteiger partial charge in [0, 0.05) is 18.2 Å². The number of nitrogens with zero attached hydrogens (tertiary/aromatic N) is 2. The highest BCUT2D eigenvalue weighted by atomic mass is 19.4. The van der Waals surface area contributed by atoms with E-state index < -0.39 is 30.0 Å². The first-order valence-electron chi connectivity index (χ1n) is 8.76. The van der Waals surface area contributed by atoms with E-state index in [0.717, 1.165) is 10.7 Å². The Morgan fingerprint density at radius 2 is 2.10 bits per heavy atom. The summed E-state index contributed by atoms with van der Waals surface area (Å²) >= 11 is 0. The first-order chi connectivity index (χ1) is 13.7. The normalized spacial score (nSPS) is 18.8. The van der Waals surface area contributed by atoms with Gasteiger partial charge in [-0.3, -0.25) is 4.79 Å². The van der Waals surface area contributed by atoms with Crippen LogP contribution in [0.5, 0.6) is 0 Å². The van der Waals surface area contributed by atoms with E-state index in [-0.39, 0.29) is 23.6 Å². The molecular formula is C19H16F4N4O2. The Bertz CT molecular complexity index is 1040. The van der Waals surface area contributed by atoms with Gasteiger partial charge in [-0.25, -0.2) is 9.07 Å². The second-order valence-electron chi connectivity index (χ2n) is 6.78. The molecule has 3 heterocycles. The number of anilines is 2. The molecule has 0 saturated carbocycles. The first-order valence-corrected chi connectivity index (χ1v) is 8.76. The lowest BCUT2D eigenvalue weighted by atomic mass is 10.0. The van der Waals surface area contributed by atoms with Gasteiger partial charge in [0.2, 0.25) is 0 Å². The number of benzene rings is 1. The summed E-state index contributed by atoms with van der Waals surface area (Å²) in [4.78, 5) is 12.5. The van der Waals surface area contributed by atoms with Crippen molar-refractivity contribution in [1.29, 1.82) is 0 Å². The van der Waals surface area contributed by atoms with Gasteiger partial charge >= 0.3 is 6.18 Å². The quantitative estimate of drug-likeness (QED) is 0.609. The number of alkyl halides is 3. The van der Waals surface area contributed by atoms with Gasteiger partial charge in [0.15, 0.2) is 11.7 Å². The summed E-state index contributed by atoms with van der Waals surface area (Å²) in [5.41, 5.74) is 0.363. The number of aryl methyl sites for hydroxylation is 1. The van der Waals surface area contributed by atoms with Crippen molar-refractivity contribution in [3.8, 4) is 0 Å². The van der Waals surface area contributed by atoms with Gasteiger partial charge in [0.1, 0.15) is 17.4 Å². The van der Waals surface area contributed by atoms with Crippen LogP contribution < -0.4 is 10.6 Å². The molecule has 1 aliphatic rings. The highest BCUT2D eigenvalue weighted by Crippen LogP contribution is 2.43. The fraction of sp³-hybridized carbons (Fsp3) is 0.263. The average molecular weight is 408 g/mol. The van der Waals surface area contributed by atoms with Crippen LogP contribution in [-0.2, 0) is 0 Å². The molecule has 0 saturated heterocycles. The Labute approximate surface area is 162 Å². The molecule has 0 aliphatic carbocycles. The van der Waals surface area contributed by atoms with Crippen molar-refractivity contribution in [3.05, 3.63) is 65.5 Å². The van der Waals surface area contributed by atoms with Crippen LogP contribution in [0.4, 0.5) is 29.1 Å². The van der Waals surface area contributed by atoms with Crippen molar-refractivity contribution in [1.82, 2.24) is 9.78 Å². The van der Waals surface area contributed by atoms with E-state index in [0.29, 0.717) is 11.3 Å². The van der Waals surface area contributed by atoms with E-state index in [1.807, 2.05) is 0 Å². The van der Waals surface area contributed by atoms with E-state index >= 15 is 0 Å². The number of carbonyl (C=O) groups is 1. The minimum Gasteiger partial charge on any atom is -0.467 e. The number of hydrogen-bond acceptors (Lipinski definition) is 4. The second-order valence-corrected chi connectivity index (χ2v) is 6.78. The Kier molecular flexibility index (Phi) is 4.56. The fourth-order valence-electron chi connectivity index (χ4n) is 3.23. The summed E-state index contributed by atoms with van der Waals surface area (Å²) in [6, 6.07) is 5.87. The number of halogens is 4. The van der Waals surface area contributed by atoms with E-state index in [1.165, 1.54) is 24.5 Å². The van der Waals surface area contributed by atoms with Crippen LogP contribution in [-0.4, -0.2) is 21.9 Å². The minimum absolute atomic E-state index is 0.0419. The van der Waals surface area contributed by atoms with Gasteiger partial charge in [-0.15, -0.1) is 0 Å². The number of carbonyl (C=O) groups excluding carboxylic acids is 1. The Hall–Kier alpha value is -3.30. The monoisotopic (exact) mass is 408 g/mol. The molecule has 0 bridgehead atoms. The molecule has 0 radical (unpaired) electrons. The third kappa shape index (κ3) is 3.69. The van der Waals surface area contributed by atoms with Crippen molar-refractivity contribution >= 4 is 17.4 Å². The molecule has 1 aromatic carbocycles. The Morgan fingerprint density at radius 1 is 1.31 bits per heavy atom. The smallest absolute Gasteiger partial charge is 0.410 e. The number of hydrogen-bond donors (Lipinski definition) is 2. The van der Waals surface area contributed by atoms with Crippen molar-refractivity contribution in [2.24, 2.45) is 0 Å². The maximum atomic E-state index is 13.7. The van der Waals surface area contributed by atoms with Gasteiger partial charge in [-0.2, -0.15) is 18.3 Å². The Balaban J connectivity index is 1.63. The van der Waals surface area contributed by atoms with Gasteiger partial charge in [-0.05, 0) is 36.8 Å².